The highest BCUT2D eigenvalue weighted by Crippen LogP contribution is 2.43. The fourth-order valence-corrected chi connectivity index (χ4v) is 2.51. The lowest BCUT2D eigenvalue weighted by molar-refractivity contribution is -0.291. The fourth-order valence-electron chi connectivity index (χ4n) is 2.31. The van der Waals surface area contributed by atoms with Crippen molar-refractivity contribution in [1.82, 2.24) is 9.55 Å². The number of ether oxygens (including phenoxy) is 2. The molecule has 0 aliphatic heterocycles. The second-order valence-electron chi connectivity index (χ2n) is 6.42. The first kappa shape index (κ1) is 23.8. The van der Waals surface area contributed by atoms with Crippen molar-refractivity contribution in [2.24, 2.45) is 0 Å². The van der Waals surface area contributed by atoms with Gasteiger partial charge in [-0.05, 0) is 26.3 Å². The molecule has 2 aromatic rings. The highest BCUT2D eigenvalue weighted by Gasteiger charge is 2.60. The van der Waals surface area contributed by atoms with Crippen molar-refractivity contribution < 1.29 is 35.8 Å². The predicted molar refractivity (Wildman–Crippen MR) is 96.3 cm³/mol. The van der Waals surface area contributed by atoms with Crippen molar-refractivity contribution in [2.45, 2.75) is 45.4 Å². The van der Waals surface area contributed by atoms with Gasteiger partial charge in [-0.15, -0.1) is 0 Å². The summed E-state index contributed by atoms with van der Waals surface area (Å²) in [4.78, 5) is 15.6. The number of benzene rings is 1. The molecule has 0 atom stereocenters. The summed E-state index contributed by atoms with van der Waals surface area (Å²) in [6.45, 7) is 4.74. The lowest BCUT2D eigenvalue weighted by atomic mass is 10.2. The average Bonchev–Trinajstić information content (AvgIpc) is 2.61. The van der Waals surface area contributed by atoms with Crippen LogP contribution < -0.4 is 15.0 Å². The summed E-state index contributed by atoms with van der Waals surface area (Å²) in [5.74, 6) is -6.53. The van der Waals surface area contributed by atoms with Crippen LogP contribution in [-0.4, -0.2) is 28.4 Å². The molecule has 0 aliphatic carbocycles. The minimum atomic E-state index is -6.00. The zero-order chi connectivity index (χ0) is 22.9. The maximum absolute atomic E-state index is 14.5. The summed E-state index contributed by atoms with van der Waals surface area (Å²) in [6.07, 6.45) is -6.08. The Bertz CT molecular complexity index is 976. The van der Waals surface area contributed by atoms with Crippen molar-refractivity contribution in [2.75, 3.05) is 6.61 Å². The van der Waals surface area contributed by atoms with Gasteiger partial charge in [0.05, 0.1) is 23.4 Å². The molecule has 0 aliphatic rings. The molecule has 1 aromatic heterocycles. The zero-order valence-electron chi connectivity index (χ0n) is 16.0. The Kier molecular flexibility index (Phi) is 6.95. The summed E-state index contributed by atoms with van der Waals surface area (Å²) in [5.41, 5.74) is -3.82. The molecule has 0 saturated carbocycles. The normalized spacial score (nSPS) is 12.4. The van der Waals surface area contributed by atoms with Crippen molar-refractivity contribution in [3.8, 4) is 17.4 Å². The van der Waals surface area contributed by atoms with Gasteiger partial charge in [0.25, 0.3) is 5.56 Å². The van der Waals surface area contributed by atoms with Gasteiger partial charge in [-0.3, -0.25) is 4.79 Å². The number of alkyl halides is 5. The van der Waals surface area contributed by atoms with Gasteiger partial charge in [0.15, 0.2) is 0 Å². The maximum atomic E-state index is 14.5. The highest BCUT2D eigenvalue weighted by molar-refractivity contribution is 6.32. The summed E-state index contributed by atoms with van der Waals surface area (Å²) >= 11 is 5.91. The Morgan fingerprint density at radius 1 is 1.17 bits per heavy atom. The van der Waals surface area contributed by atoms with Crippen LogP contribution in [0.4, 0.5) is 26.3 Å². The molecule has 5 nitrogen and oxygen atoms in total. The smallest absolute Gasteiger partial charge is 0.459 e. The Hall–Kier alpha value is -2.43. The molecule has 0 N–H and O–H groups in total. The average molecular weight is 459 g/mol. The molecule has 12 heteroatoms. The van der Waals surface area contributed by atoms with Crippen LogP contribution in [0.3, 0.4) is 0 Å². The summed E-state index contributed by atoms with van der Waals surface area (Å²) < 4.78 is 91.0. The van der Waals surface area contributed by atoms with E-state index in [2.05, 4.69) is 4.98 Å². The number of hydrogen-bond donors (Lipinski definition) is 0. The maximum Gasteiger partial charge on any atom is 0.459 e. The van der Waals surface area contributed by atoms with Gasteiger partial charge in [-0.25, -0.2) is 8.96 Å². The third-order valence-electron chi connectivity index (χ3n) is 3.61. The summed E-state index contributed by atoms with van der Waals surface area (Å²) in [5, 5.41) is -0.137. The second-order valence-corrected chi connectivity index (χ2v) is 6.83. The SMILES string of the molecule is CCCOc1nc(C(F)(F)C(F)(F)F)cc(=O)n1-c1cc(OC(C)C)c(Cl)cc1F. The molecule has 166 valence electrons. The number of halogens is 7. The number of nitrogens with zero attached hydrogens (tertiary/aromatic N) is 2. The molecule has 0 saturated heterocycles. The Labute approximate surface area is 172 Å². The molecule has 0 unspecified atom stereocenters. The zero-order valence-corrected chi connectivity index (χ0v) is 16.7. The van der Waals surface area contributed by atoms with E-state index in [0.29, 0.717) is 11.0 Å². The van der Waals surface area contributed by atoms with Gasteiger partial charge in [0.2, 0.25) is 0 Å². The van der Waals surface area contributed by atoms with E-state index in [4.69, 9.17) is 21.1 Å². The third-order valence-corrected chi connectivity index (χ3v) is 3.90. The second kappa shape index (κ2) is 8.75. The Morgan fingerprint density at radius 3 is 2.33 bits per heavy atom. The van der Waals surface area contributed by atoms with E-state index in [0.717, 1.165) is 12.1 Å². The minimum absolute atomic E-state index is 0.0245. The minimum Gasteiger partial charge on any atom is -0.489 e. The number of aromatic nitrogens is 2. The topological polar surface area (TPSA) is 53.3 Å². The van der Waals surface area contributed by atoms with E-state index in [9.17, 15) is 31.1 Å². The van der Waals surface area contributed by atoms with E-state index in [1.165, 1.54) is 0 Å². The molecular formula is C18H17ClF6N2O3. The highest BCUT2D eigenvalue weighted by atomic mass is 35.5. The monoisotopic (exact) mass is 458 g/mol. The van der Waals surface area contributed by atoms with Crippen LogP contribution in [0, 0.1) is 5.82 Å². The number of rotatable bonds is 7. The molecule has 0 amide bonds. The van der Waals surface area contributed by atoms with Crippen molar-refractivity contribution in [3.05, 3.63) is 45.1 Å². The molecule has 0 radical (unpaired) electrons. The van der Waals surface area contributed by atoms with Crippen LogP contribution in [0.2, 0.25) is 5.02 Å². The molecule has 2 rings (SSSR count). The molecule has 0 bridgehead atoms. The molecule has 1 heterocycles. The molecular weight excluding hydrogens is 442 g/mol. The van der Waals surface area contributed by atoms with Gasteiger partial charge < -0.3 is 9.47 Å². The standard InChI is InChI=1S/C18H17ClF6N2O3/c1-4-5-29-16-26-14(17(21,22)18(23,24)25)8-15(28)27(16)12-7-13(30-9(2)3)10(19)6-11(12)20/h6-9H,4-5H2,1-3H3. The van der Waals surface area contributed by atoms with E-state index in [-0.39, 0.29) is 29.5 Å². The van der Waals surface area contributed by atoms with Crippen LogP contribution in [-0.2, 0) is 5.92 Å². The molecule has 30 heavy (non-hydrogen) atoms. The van der Waals surface area contributed by atoms with Crippen LogP contribution in [0.25, 0.3) is 5.69 Å². The van der Waals surface area contributed by atoms with E-state index in [1.807, 2.05) is 0 Å². The van der Waals surface area contributed by atoms with E-state index in [1.54, 1.807) is 20.8 Å². The summed E-state index contributed by atoms with van der Waals surface area (Å²) in [7, 11) is 0. The fraction of sp³-hybridized carbons (Fsp3) is 0.444. The number of hydrogen-bond acceptors (Lipinski definition) is 4. The first-order valence-corrected chi connectivity index (χ1v) is 9.05. The molecule has 0 fully saturated rings. The lowest BCUT2D eigenvalue weighted by Crippen LogP contribution is -2.37. The van der Waals surface area contributed by atoms with Crippen LogP contribution in [0.5, 0.6) is 11.8 Å². The quantitative estimate of drug-likeness (QED) is 0.531. The van der Waals surface area contributed by atoms with Crippen LogP contribution in [0.15, 0.2) is 23.0 Å². The summed E-state index contributed by atoms with van der Waals surface area (Å²) in [6, 6.07) is 0.854. The van der Waals surface area contributed by atoms with Crippen molar-refractivity contribution >= 4 is 11.6 Å². The Balaban J connectivity index is 2.76. The molecule has 1 aromatic carbocycles. The first-order valence-electron chi connectivity index (χ1n) is 8.67. The van der Waals surface area contributed by atoms with Gasteiger partial charge in [0, 0.05) is 12.1 Å². The van der Waals surface area contributed by atoms with Gasteiger partial charge >= 0.3 is 18.1 Å². The largest absolute Gasteiger partial charge is 0.489 e. The van der Waals surface area contributed by atoms with Gasteiger partial charge in [-0.2, -0.15) is 26.9 Å². The van der Waals surface area contributed by atoms with E-state index < -0.39 is 40.9 Å². The van der Waals surface area contributed by atoms with Crippen LogP contribution in [0.1, 0.15) is 32.9 Å². The third kappa shape index (κ3) is 4.82. The van der Waals surface area contributed by atoms with Crippen molar-refractivity contribution in [1.29, 1.82) is 0 Å². The van der Waals surface area contributed by atoms with E-state index >= 15 is 0 Å². The van der Waals surface area contributed by atoms with Gasteiger partial charge in [0.1, 0.15) is 17.3 Å². The Morgan fingerprint density at radius 2 is 1.80 bits per heavy atom. The van der Waals surface area contributed by atoms with Gasteiger partial charge in [-0.1, -0.05) is 18.5 Å². The lowest BCUT2D eigenvalue weighted by Gasteiger charge is -2.21. The molecule has 0 spiro atoms. The predicted octanol–water partition coefficient (Wildman–Crippen LogP) is 5.26. The van der Waals surface area contributed by atoms with Crippen molar-refractivity contribution in [3.63, 3.8) is 0 Å². The first-order chi connectivity index (χ1) is 13.8. The van der Waals surface area contributed by atoms with Crippen LogP contribution >= 0.6 is 11.6 Å².